The number of hydrogen-bond acceptors (Lipinski definition) is 2. The number of fused-ring (bicyclic) bond motifs is 8. The van der Waals surface area contributed by atoms with E-state index in [1.165, 1.54) is 0 Å². The van der Waals surface area contributed by atoms with E-state index >= 15 is 0 Å². The Morgan fingerprint density at radius 1 is 0.480 bits per heavy atom. The van der Waals surface area contributed by atoms with Crippen molar-refractivity contribution in [1.29, 1.82) is 0 Å². The van der Waals surface area contributed by atoms with Gasteiger partial charge in [-0.25, -0.2) is 9.97 Å². The SMILES string of the molecule is C1=Cc2cc3ccc(cc4ccc(cc5nc(cc1n2)C=C5)[nH]4)[nH]3.[Fe+2]. The molecule has 0 amide bonds. The Labute approximate surface area is 154 Å². The zero-order valence-electron chi connectivity index (χ0n) is 13.2. The molecule has 5 rings (SSSR count). The van der Waals surface area contributed by atoms with Gasteiger partial charge in [0.05, 0.1) is 22.8 Å². The van der Waals surface area contributed by atoms with Crippen LogP contribution in [0, 0.1) is 0 Å². The molecule has 120 valence electrons. The van der Waals surface area contributed by atoms with Crippen LogP contribution in [0.3, 0.4) is 0 Å². The average Bonchev–Trinajstić information content (AvgIpc) is 3.32. The molecule has 2 aliphatic rings. The molecule has 0 saturated heterocycles. The minimum absolute atomic E-state index is 0. The van der Waals surface area contributed by atoms with Crippen molar-refractivity contribution < 1.29 is 17.1 Å². The summed E-state index contributed by atoms with van der Waals surface area (Å²) in [5.74, 6) is 0. The first-order valence-corrected chi connectivity index (χ1v) is 7.85. The number of aromatic nitrogens is 4. The van der Waals surface area contributed by atoms with Gasteiger partial charge in [-0.15, -0.1) is 0 Å². The van der Waals surface area contributed by atoms with Crippen molar-refractivity contribution in [1.82, 2.24) is 19.9 Å². The molecule has 2 aliphatic heterocycles. The molecule has 4 nitrogen and oxygen atoms in total. The fourth-order valence-electron chi connectivity index (χ4n) is 2.94. The van der Waals surface area contributed by atoms with Crippen molar-refractivity contribution in [2.24, 2.45) is 0 Å². The van der Waals surface area contributed by atoms with E-state index in [9.17, 15) is 0 Å². The third kappa shape index (κ3) is 3.20. The third-order valence-electron chi connectivity index (χ3n) is 4.04. The molecular weight excluding hydrogens is 352 g/mol. The Bertz CT molecular complexity index is 1080. The van der Waals surface area contributed by atoms with Crippen LogP contribution in [0.4, 0.5) is 0 Å². The largest absolute Gasteiger partial charge is 2.00 e. The number of rotatable bonds is 0. The fraction of sp³-hybridized carbons (Fsp3) is 0. The summed E-state index contributed by atoms with van der Waals surface area (Å²) >= 11 is 0. The van der Waals surface area contributed by atoms with Gasteiger partial charge >= 0.3 is 17.1 Å². The molecule has 3 aromatic heterocycles. The van der Waals surface area contributed by atoms with Crippen LogP contribution in [0.15, 0.2) is 48.5 Å². The van der Waals surface area contributed by atoms with Crippen LogP contribution >= 0.6 is 0 Å². The first-order valence-electron chi connectivity index (χ1n) is 7.85. The van der Waals surface area contributed by atoms with Crippen molar-refractivity contribution >= 4 is 46.4 Å². The molecule has 0 fully saturated rings. The molecule has 5 heterocycles. The number of H-pyrrole nitrogens is 2. The molecular formula is C20H14FeN4+2. The predicted molar refractivity (Wildman–Crippen MR) is 98.9 cm³/mol. The first-order chi connectivity index (χ1) is 11.8. The minimum Gasteiger partial charge on any atom is -0.355 e. The Balaban J connectivity index is 0.00000157. The number of hydrogen-bond donors (Lipinski definition) is 2. The molecule has 25 heavy (non-hydrogen) atoms. The Morgan fingerprint density at radius 3 is 1.28 bits per heavy atom. The van der Waals surface area contributed by atoms with Crippen molar-refractivity contribution in [3.8, 4) is 0 Å². The standard InChI is InChI=1S/C20H14N4.Fe/c1-2-14-10-16-5-6-18(23-16)12-20-8-7-19(24-20)11-17-4-3-15(22-17)9-13(1)21-14;/h1-12,21-22H;/q;+2. The maximum Gasteiger partial charge on any atom is 2.00 e. The monoisotopic (exact) mass is 366 g/mol. The summed E-state index contributed by atoms with van der Waals surface area (Å²) in [6.07, 6.45) is 8.05. The van der Waals surface area contributed by atoms with Crippen LogP contribution in [-0.2, 0) is 17.1 Å². The van der Waals surface area contributed by atoms with E-state index in [1.807, 2.05) is 42.5 Å². The van der Waals surface area contributed by atoms with Gasteiger partial charge in [0.25, 0.3) is 0 Å². The average molecular weight is 366 g/mol. The van der Waals surface area contributed by atoms with E-state index in [2.05, 4.69) is 50.3 Å². The summed E-state index contributed by atoms with van der Waals surface area (Å²) in [5, 5.41) is 0. The fourth-order valence-corrected chi connectivity index (χ4v) is 2.94. The van der Waals surface area contributed by atoms with E-state index in [-0.39, 0.29) is 17.1 Å². The Hall–Kier alpha value is -2.88. The van der Waals surface area contributed by atoms with Gasteiger partial charge in [0.15, 0.2) is 0 Å². The van der Waals surface area contributed by atoms with Gasteiger partial charge in [-0.2, -0.15) is 0 Å². The maximum atomic E-state index is 4.62. The molecule has 0 atom stereocenters. The van der Waals surface area contributed by atoms with Gasteiger partial charge in [0.1, 0.15) is 0 Å². The van der Waals surface area contributed by atoms with Gasteiger partial charge in [-0.05, 0) is 72.8 Å². The predicted octanol–water partition coefficient (Wildman–Crippen LogP) is 4.65. The van der Waals surface area contributed by atoms with Crippen LogP contribution in [0.25, 0.3) is 46.4 Å². The van der Waals surface area contributed by atoms with Crippen molar-refractivity contribution in [2.75, 3.05) is 0 Å². The quantitative estimate of drug-likeness (QED) is 0.392. The number of aromatic amines is 2. The van der Waals surface area contributed by atoms with Crippen LogP contribution in [0.2, 0.25) is 0 Å². The van der Waals surface area contributed by atoms with Gasteiger partial charge in [0.2, 0.25) is 0 Å². The summed E-state index contributed by atoms with van der Waals surface area (Å²) in [7, 11) is 0. The molecule has 0 spiro atoms. The zero-order chi connectivity index (χ0) is 15.9. The van der Waals surface area contributed by atoms with Crippen LogP contribution < -0.4 is 0 Å². The second kappa shape index (κ2) is 6.20. The van der Waals surface area contributed by atoms with Crippen LogP contribution in [0.1, 0.15) is 22.8 Å². The van der Waals surface area contributed by atoms with Crippen LogP contribution in [0.5, 0.6) is 0 Å². The van der Waals surface area contributed by atoms with Gasteiger partial charge in [-0.1, -0.05) is 0 Å². The van der Waals surface area contributed by atoms with Gasteiger partial charge in [-0.3, -0.25) is 0 Å². The van der Waals surface area contributed by atoms with Gasteiger partial charge < -0.3 is 9.97 Å². The first kappa shape index (κ1) is 15.6. The summed E-state index contributed by atoms with van der Waals surface area (Å²) in [6.45, 7) is 0. The Morgan fingerprint density at radius 2 is 0.840 bits per heavy atom. The minimum atomic E-state index is 0. The second-order valence-electron chi connectivity index (χ2n) is 5.91. The smallest absolute Gasteiger partial charge is 0.355 e. The maximum absolute atomic E-state index is 4.62. The summed E-state index contributed by atoms with van der Waals surface area (Å²) in [6, 6.07) is 16.4. The number of nitrogens with one attached hydrogen (secondary N) is 2. The van der Waals surface area contributed by atoms with Crippen LogP contribution in [-0.4, -0.2) is 19.9 Å². The molecule has 0 radical (unpaired) electrons. The summed E-state index contributed by atoms with van der Waals surface area (Å²) in [4.78, 5) is 16.0. The number of nitrogens with zero attached hydrogens (tertiary/aromatic N) is 2. The van der Waals surface area contributed by atoms with E-state index in [1.54, 1.807) is 0 Å². The van der Waals surface area contributed by atoms with E-state index in [0.29, 0.717) is 0 Å². The Kier molecular flexibility index (Phi) is 3.88. The molecule has 2 N–H and O–H groups in total. The molecule has 0 aliphatic carbocycles. The van der Waals surface area contributed by atoms with Crippen molar-refractivity contribution in [3.05, 3.63) is 71.3 Å². The zero-order valence-corrected chi connectivity index (χ0v) is 14.3. The van der Waals surface area contributed by atoms with E-state index in [4.69, 9.17) is 0 Å². The molecule has 3 aromatic rings. The summed E-state index contributed by atoms with van der Waals surface area (Å²) < 4.78 is 0. The second-order valence-corrected chi connectivity index (χ2v) is 5.91. The molecule has 0 saturated carbocycles. The molecule has 5 heteroatoms. The van der Waals surface area contributed by atoms with E-state index in [0.717, 1.165) is 44.8 Å². The topological polar surface area (TPSA) is 57.4 Å². The molecule has 0 unspecified atom stereocenters. The van der Waals surface area contributed by atoms with E-state index < -0.39 is 0 Å². The molecule has 0 aromatic carbocycles. The third-order valence-corrected chi connectivity index (χ3v) is 4.04. The van der Waals surface area contributed by atoms with Crippen molar-refractivity contribution in [3.63, 3.8) is 0 Å². The summed E-state index contributed by atoms with van der Waals surface area (Å²) in [5.41, 5.74) is 7.86. The normalized spacial score (nSPS) is 12.2. The van der Waals surface area contributed by atoms with Crippen molar-refractivity contribution in [2.45, 2.75) is 0 Å². The van der Waals surface area contributed by atoms with Gasteiger partial charge in [0, 0.05) is 22.1 Å². The molecule has 8 bridgehead atoms.